The molecule has 0 spiro atoms. The van der Waals surface area contributed by atoms with Crippen LogP contribution in [-0.4, -0.2) is 32.1 Å². The van der Waals surface area contributed by atoms with E-state index in [0.29, 0.717) is 5.70 Å². The number of carbonyl (C=O) groups excluding carboxylic acids is 3. The number of nitrogens with one attached hydrogen (secondary N) is 1. The molecule has 88 valence electrons. The summed E-state index contributed by atoms with van der Waals surface area (Å²) in [5.74, 6) is -2.36. The molecule has 0 saturated carbocycles. The number of allylic oxidation sites excluding steroid dienone is 1. The summed E-state index contributed by atoms with van der Waals surface area (Å²) in [4.78, 5) is 34.0. The standard InChI is InChI=1S/C10H13NO5/c1-5-8(10(14)16-3)6(9(13)11-5)4-7(12)15-2/h6H,4H2,1-3H3,(H,11,13)/t6-/m1/s1. The summed E-state index contributed by atoms with van der Waals surface area (Å²) in [7, 11) is 2.45. The molecular weight excluding hydrogens is 214 g/mol. The van der Waals surface area contributed by atoms with Crippen LogP contribution in [0.2, 0.25) is 0 Å². The van der Waals surface area contributed by atoms with Crippen LogP contribution in [0.15, 0.2) is 11.3 Å². The molecule has 0 bridgehead atoms. The summed E-state index contributed by atoms with van der Waals surface area (Å²) in [5.41, 5.74) is 0.614. The van der Waals surface area contributed by atoms with Crippen molar-refractivity contribution in [3.63, 3.8) is 0 Å². The van der Waals surface area contributed by atoms with Gasteiger partial charge in [0.25, 0.3) is 0 Å². The number of rotatable bonds is 3. The van der Waals surface area contributed by atoms with Crippen LogP contribution < -0.4 is 5.32 Å². The third-order valence-corrected chi connectivity index (χ3v) is 2.38. The predicted octanol–water partition coefficient (Wildman–Crippen LogP) is -0.258. The lowest BCUT2D eigenvalue weighted by Gasteiger charge is -2.09. The fourth-order valence-corrected chi connectivity index (χ4v) is 1.58. The Morgan fingerprint density at radius 2 is 1.94 bits per heavy atom. The Labute approximate surface area is 92.6 Å². The van der Waals surface area contributed by atoms with Gasteiger partial charge in [-0.2, -0.15) is 0 Å². The Kier molecular flexibility index (Phi) is 3.65. The van der Waals surface area contributed by atoms with Crippen molar-refractivity contribution >= 4 is 17.8 Å². The van der Waals surface area contributed by atoms with Crippen LogP contribution in [0.3, 0.4) is 0 Å². The van der Waals surface area contributed by atoms with Crippen LogP contribution in [0.1, 0.15) is 13.3 Å². The minimum atomic E-state index is -0.820. The van der Waals surface area contributed by atoms with Gasteiger partial charge >= 0.3 is 11.9 Å². The normalized spacial score (nSPS) is 19.4. The smallest absolute Gasteiger partial charge is 0.336 e. The summed E-state index contributed by atoms with van der Waals surface area (Å²) < 4.78 is 9.02. The molecule has 1 atom stereocenters. The van der Waals surface area contributed by atoms with Crippen LogP contribution >= 0.6 is 0 Å². The zero-order valence-corrected chi connectivity index (χ0v) is 9.33. The topological polar surface area (TPSA) is 81.7 Å². The van der Waals surface area contributed by atoms with E-state index in [9.17, 15) is 14.4 Å². The van der Waals surface area contributed by atoms with E-state index < -0.39 is 17.9 Å². The Morgan fingerprint density at radius 1 is 1.31 bits per heavy atom. The predicted molar refractivity (Wildman–Crippen MR) is 53.0 cm³/mol. The quantitative estimate of drug-likeness (QED) is 0.672. The molecule has 1 N–H and O–H groups in total. The summed E-state index contributed by atoms with van der Waals surface area (Å²) in [6.07, 6.45) is -0.163. The van der Waals surface area contributed by atoms with Crippen LogP contribution in [0.5, 0.6) is 0 Å². The minimum absolute atomic E-state index is 0.163. The first-order chi connectivity index (χ1) is 7.51. The van der Waals surface area contributed by atoms with Crippen molar-refractivity contribution in [1.82, 2.24) is 5.32 Å². The first-order valence-corrected chi connectivity index (χ1v) is 4.68. The SMILES string of the molecule is COC(=O)C[C@H]1C(=O)NC(C)=C1C(=O)OC. The number of carbonyl (C=O) groups is 3. The Bertz CT molecular complexity index is 371. The van der Waals surface area contributed by atoms with Crippen molar-refractivity contribution in [3.8, 4) is 0 Å². The summed E-state index contributed by atoms with van der Waals surface area (Å²) in [5, 5.41) is 2.49. The first kappa shape index (κ1) is 12.2. The van der Waals surface area contributed by atoms with Crippen molar-refractivity contribution < 1.29 is 23.9 Å². The molecule has 0 aromatic carbocycles. The zero-order valence-electron chi connectivity index (χ0n) is 9.33. The largest absolute Gasteiger partial charge is 0.469 e. The summed E-state index contributed by atoms with van der Waals surface area (Å²) in [6, 6.07) is 0. The van der Waals surface area contributed by atoms with Crippen LogP contribution in [0.4, 0.5) is 0 Å². The highest BCUT2D eigenvalue weighted by Crippen LogP contribution is 2.26. The van der Waals surface area contributed by atoms with E-state index in [1.165, 1.54) is 14.2 Å². The number of esters is 2. The minimum Gasteiger partial charge on any atom is -0.469 e. The Hall–Kier alpha value is -1.85. The van der Waals surface area contributed by atoms with Gasteiger partial charge in [0, 0.05) is 5.70 Å². The highest BCUT2D eigenvalue weighted by Gasteiger charge is 2.37. The highest BCUT2D eigenvalue weighted by molar-refractivity contribution is 6.03. The molecule has 16 heavy (non-hydrogen) atoms. The molecular formula is C10H13NO5. The van der Waals surface area contributed by atoms with Crippen molar-refractivity contribution in [2.75, 3.05) is 14.2 Å². The van der Waals surface area contributed by atoms with Gasteiger partial charge in [-0.1, -0.05) is 0 Å². The van der Waals surface area contributed by atoms with Crippen molar-refractivity contribution in [3.05, 3.63) is 11.3 Å². The van der Waals surface area contributed by atoms with Gasteiger partial charge in [0.2, 0.25) is 5.91 Å². The molecule has 6 heteroatoms. The lowest BCUT2D eigenvalue weighted by Crippen LogP contribution is -2.25. The third-order valence-electron chi connectivity index (χ3n) is 2.38. The molecule has 0 radical (unpaired) electrons. The van der Waals surface area contributed by atoms with E-state index in [0.717, 1.165) is 0 Å². The van der Waals surface area contributed by atoms with E-state index >= 15 is 0 Å². The van der Waals surface area contributed by atoms with Crippen LogP contribution in [0.25, 0.3) is 0 Å². The molecule has 1 heterocycles. The lowest BCUT2D eigenvalue weighted by molar-refractivity contribution is -0.144. The second-order valence-corrected chi connectivity index (χ2v) is 3.35. The van der Waals surface area contributed by atoms with Gasteiger partial charge in [0.15, 0.2) is 0 Å². The van der Waals surface area contributed by atoms with Gasteiger partial charge < -0.3 is 14.8 Å². The number of hydrogen-bond donors (Lipinski definition) is 1. The first-order valence-electron chi connectivity index (χ1n) is 4.68. The molecule has 1 rings (SSSR count). The average Bonchev–Trinajstić information content (AvgIpc) is 2.53. The zero-order chi connectivity index (χ0) is 12.3. The molecule has 1 amide bonds. The van der Waals surface area contributed by atoms with Crippen molar-refractivity contribution in [2.24, 2.45) is 5.92 Å². The Balaban J connectivity index is 2.92. The third kappa shape index (κ3) is 2.21. The van der Waals surface area contributed by atoms with E-state index in [4.69, 9.17) is 0 Å². The molecule has 0 fully saturated rings. The molecule has 0 saturated heterocycles. The summed E-state index contributed by atoms with van der Waals surface area (Å²) in [6.45, 7) is 1.58. The van der Waals surface area contributed by atoms with Crippen LogP contribution in [-0.2, 0) is 23.9 Å². The van der Waals surface area contributed by atoms with Gasteiger partial charge in [-0.3, -0.25) is 9.59 Å². The fraction of sp³-hybridized carbons (Fsp3) is 0.500. The second kappa shape index (κ2) is 4.78. The van der Waals surface area contributed by atoms with Gasteiger partial charge in [0.1, 0.15) is 0 Å². The van der Waals surface area contributed by atoms with Crippen molar-refractivity contribution in [2.45, 2.75) is 13.3 Å². The molecule has 1 aliphatic rings. The molecule has 0 aliphatic carbocycles. The maximum absolute atomic E-state index is 11.5. The van der Waals surface area contributed by atoms with Gasteiger partial charge in [0.05, 0.1) is 32.1 Å². The molecule has 0 aromatic rings. The number of amides is 1. The fourth-order valence-electron chi connectivity index (χ4n) is 1.58. The summed E-state index contributed by atoms with van der Waals surface area (Å²) >= 11 is 0. The van der Waals surface area contributed by atoms with Gasteiger partial charge in [-0.05, 0) is 6.92 Å². The van der Waals surface area contributed by atoms with Crippen molar-refractivity contribution in [1.29, 1.82) is 0 Å². The van der Waals surface area contributed by atoms with E-state index in [2.05, 4.69) is 14.8 Å². The van der Waals surface area contributed by atoms with E-state index in [-0.39, 0.29) is 17.9 Å². The average molecular weight is 227 g/mol. The Morgan fingerprint density at radius 3 is 2.44 bits per heavy atom. The van der Waals surface area contributed by atoms with E-state index in [1.807, 2.05) is 0 Å². The van der Waals surface area contributed by atoms with Crippen LogP contribution in [0, 0.1) is 5.92 Å². The highest BCUT2D eigenvalue weighted by atomic mass is 16.5. The maximum atomic E-state index is 11.5. The monoisotopic (exact) mass is 227 g/mol. The lowest BCUT2D eigenvalue weighted by atomic mass is 9.97. The molecule has 1 aliphatic heterocycles. The number of methoxy groups -OCH3 is 2. The van der Waals surface area contributed by atoms with E-state index in [1.54, 1.807) is 6.92 Å². The second-order valence-electron chi connectivity index (χ2n) is 3.35. The molecule has 6 nitrogen and oxygen atoms in total. The molecule has 0 aromatic heterocycles. The number of ether oxygens (including phenoxy) is 2. The van der Waals surface area contributed by atoms with Gasteiger partial charge in [-0.25, -0.2) is 4.79 Å². The maximum Gasteiger partial charge on any atom is 0.336 e. The molecule has 0 unspecified atom stereocenters. The number of hydrogen-bond acceptors (Lipinski definition) is 5. The van der Waals surface area contributed by atoms with Gasteiger partial charge in [-0.15, -0.1) is 0 Å².